The first-order valence-corrected chi connectivity index (χ1v) is 9.19. The van der Waals surface area contributed by atoms with Gasteiger partial charge in [0.2, 0.25) is 11.6 Å². The molecule has 0 spiro atoms. The SMILES string of the molecule is CCCCCCCCCCCCOc1ccc(OB(O)O)c(F)c1F. The molecule has 0 unspecified atom stereocenters. The summed E-state index contributed by atoms with van der Waals surface area (Å²) in [5.74, 6) is -3.26. The molecule has 0 bridgehead atoms. The van der Waals surface area contributed by atoms with Crippen molar-refractivity contribution in [1.29, 1.82) is 0 Å². The minimum absolute atomic E-state index is 0.201. The number of benzene rings is 1. The topological polar surface area (TPSA) is 58.9 Å². The summed E-state index contributed by atoms with van der Waals surface area (Å²) in [6.45, 7) is 2.53. The summed E-state index contributed by atoms with van der Waals surface area (Å²) < 4.78 is 37.0. The Morgan fingerprint density at radius 3 is 1.84 bits per heavy atom. The molecule has 0 saturated heterocycles. The fourth-order valence-corrected chi connectivity index (χ4v) is 2.60. The molecule has 2 N–H and O–H groups in total. The van der Waals surface area contributed by atoms with Crippen molar-refractivity contribution in [2.24, 2.45) is 0 Å². The molecule has 0 amide bonds. The summed E-state index contributed by atoms with van der Waals surface area (Å²) in [6, 6.07) is 2.32. The van der Waals surface area contributed by atoms with Crippen LogP contribution in [0.15, 0.2) is 12.1 Å². The van der Waals surface area contributed by atoms with Crippen LogP contribution in [0.4, 0.5) is 8.78 Å². The maximum absolute atomic E-state index is 13.8. The van der Waals surface area contributed by atoms with Gasteiger partial charge in [-0.05, 0) is 18.6 Å². The van der Waals surface area contributed by atoms with Gasteiger partial charge in [0.25, 0.3) is 0 Å². The lowest BCUT2D eigenvalue weighted by molar-refractivity contribution is 0.268. The Balaban J connectivity index is 2.15. The number of halogens is 2. The average molecular weight is 358 g/mol. The van der Waals surface area contributed by atoms with E-state index in [9.17, 15) is 8.78 Å². The quantitative estimate of drug-likeness (QED) is 0.377. The van der Waals surface area contributed by atoms with Crippen molar-refractivity contribution >= 4 is 7.32 Å². The van der Waals surface area contributed by atoms with Crippen LogP contribution in [0.3, 0.4) is 0 Å². The van der Waals surface area contributed by atoms with Gasteiger partial charge < -0.3 is 19.4 Å². The molecular formula is C18H29BF2O4. The molecule has 4 nitrogen and oxygen atoms in total. The molecule has 0 fully saturated rings. The van der Waals surface area contributed by atoms with Crippen LogP contribution in [0.1, 0.15) is 71.1 Å². The summed E-state index contributed by atoms with van der Waals surface area (Å²) in [5, 5.41) is 17.2. The molecule has 0 aliphatic carbocycles. The molecule has 25 heavy (non-hydrogen) atoms. The monoisotopic (exact) mass is 358 g/mol. The molecule has 0 atom stereocenters. The molecule has 0 heterocycles. The van der Waals surface area contributed by atoms with Gasteiger partial charge >= 0.3 is 7.32 Å². The Bertz CT molecular complexity index is 486. The Morgan fingerprint density at radius 1 is 0.800 bits per heavy atom. The lowest BCUT2D eigenvalue weighted by Gasteiger charge is -2.11. The van der Waals surface area contributed by atoms with Gasteiger partial charge in [-0.2, -0.15) is 8.78 Å². The van der Waals surface area contributed by atoms with E-state index in [2.05, 4.69) is 11.6 Å². The van der Waals surface area contributed by atoms with Crippen molar-refractivity contribution in [2.45, 2.75) is 71.1 Å². The molecule has 7 heteroatoms. The van der Waals surface area contributed by atoms with Crippen LogP contribution in [0.2, 0.25) is 0 Å². The smallest absolute Gasteiger partial charge is 0.509 e. The van der Waals surface area contributed by atoms with E-state index in [1.54, 1.807) is 0 Å². The average Bonchev–Trinajstić information content (AvgIpc) is 2.58. The van der Waals surface area contributed by atoms with Crippen LogP contribution in [0, 0.1) is 11.6 Å². The molecule has 1 rings (SSSR count). The van der Waals surface area contributed by atoms with Gasteiger partial charge in [-0.3, -0.25) is 0 Å². The van der Waals surface area contributed by atoms with Crippen molar-refractivity contribution in [3.63, 3.8) is 0 Å². The van der Waals surface area contributed by atoms with E-state index in [4.69, 9.17) is 14.8 Å². The highest BCUT2D eigenvalue weighted by Crippen LogP contribution is 2.27. The van der Waals surface area contributed by atoms with Gasteiger partial charge in [-0.15, -0.1) is 0 Å². The van der Waals surface area contributed by atoms with E-state index in [1.165, 1.54) is 51.0 Å². The van der Waals surface area contributed by atoms with Crippen molar-refractivity contribution in [3.05, 3.63) is 23.8 Å². The van der Waals surface area contributed by atoms with E-state index in [0.29, 0.717) is 6.61 Å². The van der Waals surface area contributed by atoms with Crippen LogP contribution in [0.25, 0.3) is 0 Å². The van der Waals surface area contributed by atoms with Gasteiger partial charge in [0.1, 0.15) is 5.75 Å². The zero-order valence-electron chi connectivity index (χ0n) is 15.0. The van der Waals surface area contributed by atoms with E-state index in [-0.39, 0.29) is 5.75 Å². The molecule has 1 aromatic rings. The molecule has 0 aromatic heterocycles. The third kappa shape index (κ3) is 9.07. The van der Waals surface area contributed by atoms with E-state index in [0.717, 1.165) is 25.3 Å². The first-order valence-electron chi connectivity index (χ1n) is 9.19. The molecular weight excluding hydrogens is 329 g/mol. The van der Waals surface area contributed by atoms with Crippen molar-refractivity contribution in [2.75, 3.05) is 6.61 Å². The second kappa shape index (κ2) is 12.9. The summed E-state index contributed by atoms with van der Waals surface area (Å²) >= 11 is 0. The highest BCUT2D eigenvalue weighted by molar-refractivity contribution is 6.33. The van der Waals surface area contributed by atoms with Crippen molar-refractivity contribution in [1.82, 2.24) is 0 Å². The fourth-order valence-electron chi connectivity index (χ4n) is 2.60. The summed E-state index contributed by atoms with van der Waals surface area (Å²) in [4.78, 5) is 0. The summed E-state index contributed by atoms with van der Waals surface area (Å²) in [6.07, 6.45) is 11.9. The zero-order chi connectivity index (χ0) is 18.5. The third-order valence-corrected chi connectivity index (χ3v) is 4.00. The van der Waals surface area contributed by atoms with Gasteiger partial charge in [0.05, 0.1) is 6.61 Å². The largest absolute Gasteiger partial charge is 0.707 e. The summed E-state index contributed by atoms with van der Waals surface area (Å²) in [7, 11) is -2.20. The van der Waals surface area contributed by atoms with Gasteiger partial charge in [0, 0.05) is 0 Å². The van der Waals surface area contributed by atoms with Crippen LogP contribution in [-0.2, 0) is 0 Å². The van der Waals surface area contributed by atoms with E-state index >= 15 is 0 Å². The fraction of sp³-hybridized carbons (Fsp3) is 0.667. The second-order valence-electron chi connectivity index (χ2n) is 6.16. The van der Waals surface area contributed by atoms with Crippen molar-refractivity contribution < 1.29 is 28.2 Å². The standard InChI is InChI=1S/C18H29BF2O4/c1-2-3-4-5-6-7-8-9-10-11-14-24-15-12-13-16(25-19(22)23)18(21)17(15)20/h12-13,22-23H,2-11,14H2,1H3. The van der Waals surface area contributed by atoms with Crippen LogP contribution in [0.5, 0.6) is 11.5 Å². The molecule has 0 aliphatic rings. The highest BCUT2D eigenvalue weighted by atomic mass is 19.2. The van der Waals surface area contributed by atoms with E-state index < -0.39 is 24.7 Å². The van der Waals surface area contributed by atoms with Gasteiger partial charge in [-0.25, -0.2) is 0 Å². The first-order chi connectivity index (χ1) is 12.1. The lowest BCUT2D eigenvalue weighted by Crippen LogP contribution is -2.21. The lowest BCUT2D eigenvalue weighted by atomic mass is 10.1. The minimum atomic E-state index is -2.20. The summed E-state index contributed by atoms with van der Waals surface area (Å²) in [5.41, 5.74) is 0. The minimum Gasteiger partial charge on any atom is -0.509 e. The Morgan fingerprint density at radius 2 is 1.28 bits per heavy atom. The Hall–Kier alpha value is -1.34. The van der Waals surface area contributed by atoms with Gasteiger partial charge in [-0.1, -0.05) is 64.7 Å². The van der Waals surface area contributed by atoms with Crippen LogP contribution >= 0.6 is 0 Å². The van der Waals surface area contributed by atoms with Crippen molar-refractivity contribution in [3.8, 4) is 11.5 Å². The molecule has 0 radical (unpaired) electrons. The number of unbranched alkanes of at least 4 members (excludes halogenated alkanes) is 9. The molecule has 0 saturated carbocycles. The molecule has 0 aliphatic heterocycles. The number of rotatable bonds is 14. The molecule has 1 aromatic carbocycles. The predicted molar refractivity (Wildman–Crippen MR) is 94.5 cm³/mol. The Labute approximate surface area is 149 Å². The maximum Gasteiger partial charge on any atom is 0.707 e. The predicted octanol–water partition coefficient (Wildman–Crippen LogP) is 4.61. The number of hydrogen-bond donors (Lipinski definition) is 2. The number of hydrogen-bond acceptors (Lipinski definition) is 4. The Kier molecular flexibility index (Phi) is 11.2. The first kappa shape index (κ1) is 21.7. The molecule has 142 valence electrons. The third-order valence-electron chi connectivity index (χ3n) is 4.00. The van der Waals surface area contributed by atoms with Crippen LogP contribution < -0.4 is 9.39 Å². The maximum atomic E-state index is 13.8. The second-order valence-corrected chi connectivity index (χ2v) is 6.16. The van der Waals surface area contributed by atoms with Gasteiger partial charge in [0.15, 0.2) is 5.75 Å². The van der Waals surface area contributed by atoms with E-state index in [1.807, 2.05) is 0 Å². The highest BCUT2D eigenvalue weighted by Gasteiger charge is 2.20. The van der Waals surface area contributed by atoms with Crippen LogP contribution in [-0.4, -0.2) is 24.0 Å². The number of ether oxygens (including phenoxy) is 1. The normalized spacial score (nSPS) is 10.8. The zero-order valence-corrected chi connectivity index (χ0v) is 15.0.